The Bertz CT molecular complexity index is 1170. The highest BCUT2D eigenvalue weighted by molar-refractivity contribution is 7.85. The van der Waals surface area contributed by atoms with E-state index in [1.807, 2.05) is 61.2 Å². The van der Waals surface area contributed by atoms with Crippen molar-refractivity contribution in [3.8, 4) is 6.07 Å². The molecule has 2 aromatic rings. The summed E-state index contributed by atoms with van der Waals surface area (Å²) in [6.07, 6.45) is 2.71. The van der Waals surface area contributed by atoms with E-state index in [2.05, 4.69) is 28.2 Å². The lowest BCUT2D eigenvalue weighted by Gasteiger charge is -2.38. The molecular weight excluding hydrogens is 452 g/mol. The maximum Gasteiger partial charge on any atom is 0.264 e. The predicted molar refractivity (Wildman–Crippen MR) is 136 cm³/mol. The van der Waals surface area contributed by atoms with Crippen LogP contribution in [0.4, 0.5) is 5.69 Å². The standard InChI is InChI=1S/C22H26N6.C2H6O3S/c1-22(2)27-20(24)26-21(25)28(22)19-13-7-11-17(14-19)18(15-23)12-6-10-16-8-4-3-5-9-16;1-2-6(3,4)5/h3-5,7-9,11,13-14,18H,6,10,12H2,1-2H3,(H4,24,25,26,27);2H2,1H3,(H,3,4,5). The van der Waals surface area contributed by atoms with Crippen LogP contribution in [0, 0.1) is 11.3 Å². The fourth-order valence-electron chi connectivity index (χ4n) is 3.59. The third kappa shape index (κ3) is 7.86. The number of nitrogens with two attached hydrogens (primary N) is 2. The van der Waals surface area contributed by atoms with Gasteiger partial charge in [-0.15, -0.1) is 0 Å². The molecule has 1 atom stereocenters. The van der Waals surface area contributed by atoms with Gasteiger partial charge < -0.3 is 11.5 Å². The molecule has 34 heavy (non-hydrogen) atoms. The minimum absolute atomic E-state index is 0.172. The van der Waals surface area contributed by atoms with Crippen LogP contribution in [0.2, 0.25) is 0 Å². The molecule has 1 unspecified atom stereocenters. The number of nitriles is 1. The molecule has 0 amide bonds. The number of aliphatic imine (C=N–C) groups is 2. The summed E-state index contributed by atoms with van der Waals surface area (Å²) in [5.74, 6) is 0.0914. The first kappa shape index (κ1) is 26.8. The summed E-state index contributed by atoms with van der Waals surface area (Å²) in [6, 6.07) is 20.7. The molecule has 182 valence electrons. The third-order valence-electron chi connectivity index (χ3n) is 5.25. The summed E-state index contributed by atoms with van der Waals surface area (Å²) in [5, 5.41) is 9.72. The van der Waals surface area contributed by atoms with Crippen molar-refractivity contribution in [1.29, 1.82) is 5.26 Å². The van der Waals surface area contributed by atoms with E-state index in [1.165, 1.54) is 12.5 Å². The zero-order valence-corrected chi connectivity index (χ0v) is 20.5. The van der Waals surface area contributed by atoms with Crippen molar-refractivity contribution in [3.63, 3.8) is 0 Å². The van der Waals surface area contributed by atoms with Gasteiger partial charge in [0.05, 0.1) is 17.7 Å². The van der Waals surface area contributed by atoms with E-state index in [4.69, 9.17) is 16.0 Å². The second-order valence-corrected chi connectivity index (χ2v) is 10.0. The first-order chi connectivity index (χ1) is 16.0. The summed E-state index contributed by atoms with van der Waals surface area (Å²) < 4.78 is 26.9. The van der Waals surface area contributed by atoms with Crippen LogP contribution in [-0.4, -0.2) is 36.3 Å². The molecule has 0 aromatic heterocycles. The molecule has 0 radical (unpaired) electrons. The molecule has 0 spiro atoms. The summed E-state index contributed by atoms with van der Waals surface area (Å²) in [4.78, 5) is 10.3. The van der Waals surface area contributed by atoms with Crippen LogP contribution in [-0.2, 0) is 16.5 Å². The summed E-state index contributed by atoms with van der Waals surface area (Å²) in [7, 11) is -3.66. The average Bonchev–Trinajstić information content (AvgIpc) is 2.76. The molecule has 1 aliphatic heterocycles. The Kier molecular flexibility index (Phi) is 9.18. The minimum Gasteiger partial charge on any atom is -0.369 e. The number of hydrogen-bond donors (Lipinski definition) is 3. The van der Waals surface area contributed by atoms with Gasteiger partial charge in [-0.25, -0.2) is 4.99 Å². The monoisotopic (exact) mass is 484 g/mol. The third-order valence-corrected chi connectivity index (χ3v) is 5.98. The van der Waals surface area contributed by atoms with Crippen molar-refractivity contribution in [2.75, 3.05) is 10.7 Å². The van der Waals surface area contributed by atoms with E-state index in [1.54, 1.807) is 0 Å². The quantitative estimate of drug-likeness (QED) is 0.508. The van der Waals surface area contributed by atoms with Crippen LogP contribution >= 0.6 is 0 Å². The van der Waals surface area contributed by atoms with Crippen molar-refractivity contribution in [2.45, 2.75) is 51.6 Å². The van der Waals surface area contributed by atoms with Crippen LogP contribution < -0.4 is 16.4 Å². The maximum atomic E-state index is 9.72. The second-order valence-electron chi connectivity index (χ2n) is 8.29. The van der Waals surface area contributed by atoms with Crippen molar-refractivity contribution in [2.24, 2.45) is 21.5 Å². The Morgan fingerprint density at radius 3 is 2.35 bits per heavy atom. The first-order valence-electron chi connectivity index (χ1n) is 10.9. The second kappa shape index (κ2) is 11.6. The van der Waals surface area contributed by atoms with Gasteiger partial charge in [-0.05, 0) is 63.3 Å². The molecule has 1 heterocycles. The number of anilines is 1. The molecule has 0 aliphatic carbocycles. The number of benzene rings is 2. The average molecular weight is 485 g/mol. The molecule has 2 aromatic carbocycles. The normalized spacial score (nSPS) is 15.8. The first-order valence-corrected chi connectivity index (χ1v) is 12.6. The van der Waals surface area contributed by atoms with Crippen molar-refractivity contribution in [1.82, 2.24) is 0 Å². The van der Waals surface area contributed by atoms with E-state index in [-0.39, 0.29) is 17.6 Å². The molecule has 1 aliphatic rings. The Morgan fingerprint density at radius 2 is 1.79 bits per heavy atom. The van der Waals surface area contributed by atoms with E-state index in [9.17, 15) is 13.7 Å². The predicted octanol–water partition coefficient (Wildman–Crippen LogP) is 3.40. The van der Waals surface area contributed by atoms with Gasteiger partial charge in [-0.1, -0.05) is 42.5 Å². The zero-order chi connectivity index (χ0) is 25.4. The SMILES string of the molecule is CC1(C)N=C(N)N=C(N)N1c1cccc(C(C#N)CCCc2ccccc2)c1.CCS(=O)(=O)O. The fraction of sp³-hybridized carbons (Fsp3) is 0.375. The molecular formula is C24H32N6O3S. The largest absolute Gasteiger partial charge is 0.369 e. The molecule has 10 heteroatoms. The molecule has 0 bridgehead atoms. The number of guanidine groups is 2. The van der Waals surface area contributed by atoms with Crippen LogP contribution in [0.3, 0.4) is 0 Å². The lowest BCUT2D eigenvalue weighted by atomic mass is 9.93. The van der Waals surface area contributed by atoms with Crippen LogP contribution in [0.25, 0.3) is 0 Å². The molecule has 0 saturated carbocycles. The lowest BCUT2D eigenvalue weighted by molar-refractivity contribution is 0.484. The van der Waals surface area contributed by atoms with Gasteiger partial charge in [-0.2, -0.15) is 18.7 Å². The van der Waals surface area contributed by atoms with E-state index in [0.717, 1.165) is 30.5 Å². The lowest BCUT2D eigenvalue weighted by Crippen LogP contribution is -2.54. The topological polar surface area (TPSA) is 158 Å². The van der Waals surface area contributed by atoms with Crippen LogP contribution in [0.1, 0.15) is 50.7 Å². The van der Waals surface area contributed by atoms with Crippen molar-refractivity contribution >= 4 is 27.7 Å². The van der Waals surface area contributed by atoms with Crippen molar-refractivity contribution in [3.05, 3.63) is 65.7 Å². The Hall–Kier alpha value is -3.42. The van der Waals surface area contributed by atoms with Gasteiger partial charge in [0.1, 0.15) is 5.66 Å². The number of aryl methyl sites for hydroxylation is 1. The summed E-state index contributed by atoms with van der Waals surface area (Å²) >= 11 is 0. The van der Waals surface area contributed by atoms with Gasteiger partial charge in [0.15, 0.2) is 0 Å². The van der Waals surface area contributed by atoms with E-state index in [0.29, 0.717) is 5.96 Å². The Morgan fingerprint density at radius 1 is 1.15 bits per heavy atom. The summed E-state index contributed by atoms with van der Waals surface area (Å²) in [5.41, 5.74) is 14.4. The number of nitrogens with zero attached hydrogens (tertiary/aromatic N) is 4. The van der Waals surface area contributed by atoms with Gasteiger partial charge in [0, 0.05) is 5.69 Å². The molecule has 0 saturated heterocycles. The Balaban J connectivity index is 0.000000604. The highest BCUT2D eigenvalue weighted by Gasteiger charge is 2.33. The van der Waals surface area contributed by atoms with Gasteiger partial charge in [0.25, 0.3) is 10.1 Å². The van der Waals surface area contributed by atoms with Crippen LogP contribution in [0.5, 0.6) is 0 Å². The van der Waals surface area contributed by atoms with Crippen molar-refractivity contribution < 1.29 is 13.0 Å². The molecule has 5 N–H and O–H groups in total. The number of hydrogen-bond acceptors (Lipinski definition) is 8. The fourth-order valence-corrected chi connectivity index (χ4v) is 3.59. The molecule has 9 nitrogen and oxygen atoms in total. The highest BCUT2D eigenvalue weighted by atomic mass is 32.2. The molecule has 0 fully saturated rings. The van der Waals surface area contributed by atoms with Gasteiger partial charge in [-0.3, -0.25) is 9.45 Å². The maximum absolute atomic E-state index is 9.72. The minimum atomic E-state index is -3.66. The summed E-state index contributed by atoms with van der Waals surface area (Å²) in [6.45, 7) is 5.22. The smallest absolute Gasteiger partial charge is 0.264 e. The Labute approximate surface area is 201 Å². The molecule has 3 rings (SSSR count). The van der Waals surface area contributed by atoms with Gasteiger partial charge >= 0.3 is 0 Å². The zero-order valence-electron chi connectivity index (χ0n) is 19.7. The van der Waals surface area contributed by atoms with Gasteiger partial charge in [0.2, 0.25) is 11.9 Å². The van der Waals surface area contributed by atoms with E-state index >= 15 is 0 Å². The van der Waals surface area contributed by atoms with E-state index < -0.39 is 15.8 Å². The van der Waals surface area contributed by atoms with Crippen LogP contribution in [0.15, 0.2) is 64.6 Å². The highest BCUT2D eigenvalue weighted by Crippen LogP contribution is 2.31. The number of rotatable bonds is 7.